The number of halogens is 1. The van der Waals surface area contributed by atoms with Crippen molar-refractivity contribution >= 4 is 10.9 Å². The van der Waals surface area contributed by atoms with Crippen molar-refractivity contribution in [3.63, 3.8) is 0 Å². The van der Waals surface area contributed by atoms with E-state index in [4.69, 9.17) is 4.74 Å². The summed E-state index contributed by atoms with van der Waals surface area (Å²) < 4.78 is 19.6. The van der Waals surface area contributed by atoms with Gasteiger partial charge in [-0.25, -0.2) is 9.07 Å². The van der Waals surface area contributed by atoms with Crippen LogP contribution in [0.1, 0.15) is 11.7 Å². The summed E-state index contributed by atoms with van der Waals surface area (Å²) in [6.07, 6.45) is -1.09. The van der Waals surface area contributed by atoms with Crippen molar-refractivity contribution in [2.75, 3.05) is 7.11 Å². The fourth-order valence-corrected chi connectivity index (χ4v) is 2.30. The Balaban J connectivity index is 1.91. The SMILES string of the molecule is COc1ccc(C(O)Cn2nnc3ccccc3c2=O)cc1F. The molecular weight excluding hydrogens is 301 g/mol. The standard InChI is InChI=1S/C16H14FN3O3/c1-23-15-7-6-10(8-12(15)17)14(21)9-20-16(22)11-4-2-3-5-13(11)18-19-20/h2-8,14,21H,9H2,1H3. The van der Waals surface area contributed by atoms with E-state index >= 15 is 0 Å². The summed E-state index contributed by atoms with van der Waals surface area (Å²) in [5.41, 5.74) is 0.451. The first-order valence-corrected chi connectivity index (χ1v) is 6.94. The van der Waals surface area contributed by atoms with Crippen molar-refractivity contribution in [3.8, 4) is 5.75 Å². The van der Waals surface area contributed by atoms with Gasteiger partial charge in [-0.05, 0) is 29.8 Å². The molecular formula is C16H14FN3O3. The average Bonchev–Trinajstić information content (AvgIpc) is 2.57. The van der Waals surface area contributed by atoms with Crippen LogP contribution in [-0.2, 0) is 6.54 Å². The highest BCUT2D eigenvalue weighted by atomic mass is 19.1. The number of fused-ring (bicyclic) bond motifs is 1. The minimum atomic E-state index is -1.09. The number of nitrogens with zero attached hydrogens (tertiary/aromatic N) is 3. The number of methoxy groups -OCH3 is 1. The molecule has 0 amide bonds. The summed E-state index contributed by atoms with van der Waals surface area (Å²) in [6.45, 7) is -0.123. The van der Waals surface area contributed by atoms with Crippen LogP contribution in [0.4, 0.5) is 4.39 Å². The minimum Gasteiger partial charge on any atom is -0.494 e. The van der Waals surface area contributed by atoms with Crippen LogP contribution in [0.5, 0.6) is 5.75 Å². The number of hydrogen-bond acceptors (Lipinski definition) is 5. The Bertz CT molecular complexity index is 910. The van der Waals surface area contributed by atoms with Crippen LogP contribution >= 0.6 is 0 Å². The second-order valence-electron chi connectivity index (χ2n) is 5.00. The molecule has 0 spiro atoms. The van der Waals surface area contributed by atoms with Crippen molar-refractivity contribution in [1.29, 1.82) is 0 Å². The summed E-state index contributed by atoms with van der Waals surface area (Å²) in [5.74, 6) is -0.496. The van der Waals surface area contributed by atoms with Gasteiger partial charge in [0, 0.05) is 0 Å². The molecule has 1 unspecified atom stereocenters. The summed E-state index contributed by atoms with van der Waals surface area (Å²) in [5, 5.41) is 18.4. The second kappa shape index (κ2) is 6.13. The predicted octanol–water partition coefficient (Wildman–Crippen LogP) is 1.67. The van der Waals surface area contributed by atoms with E-state index < -0.39 is 11.9 Å². The molecule has 0 aliphatic rings. The van der Waals surface area contributed by atoms with Gasteiger partial charge in [-0.15, -0.1) is 5.10 Å². The van der Waals surface area contributed by atoms with E-state index in [0.717, 1.165) is 4.68 Å². The molecule has 2 aromatic carbocycles. The molecule has 1 atom stereocenters. The summed E-state index contributed by atoms with van der Waals surface area (Å²) in [6, 6.07) is 10.9. The van der Waals surface area contributed by atoms with Gasteiger partial charge in [-0.1, -0.05) is 23.4 Å². The molecule has 3 rings (SSSR count). The number of hydrogen-bond donors (Lipinski definition) is 1. The zero-order valence-electron chi connectivity index (χ0n) is 12.3. The van der Waals surface area contributed by atoms with E-state index in [1.807, 2.05) is 0 Å². The maximum atomic E-state index is 13.7. The molecule has 1 N–H and O–H groups in total. The van der Waals surface area contributed by atoms with Crippen molar-refractivity contribution in [2.24, 2.45) is 0 Å². The molecule has 7 heteroatoms. The van der Waals surface area contributed by atoms with Gasteiger partial charge in [-0.3, -0.25) is 4.79 Å². The molecule has 0 saturated heterocycles. The highest BCUT2D eigenvalue weighted by molar-refractivity contribution is 5.76. The van der Waals surface area contributed by atoms with Gasteiger partial charge in [0.2, 0.25) is 0 Å². The normalized spacial score (nSPS) is 12.3. The smallest absolute Gasteiger partial charge is 0.277 e. The van der Waals surface area contributed by atoms with Crippen LogP contribution in [0.3, 0.4) is 0 Å². The Morgan fingerprint density at radius 1 is 1.30 bits per heavy atom. The Kier molecular flexibility index (Phi) is 4.03. The Morgan fingerprint density at radius 3 is 2.83 bits per heavy atom. The first-order valence-electron chi connectivity index (χ1n) is 6.94. The molecule has 0 aliphatic heterocycles. The molecule has 118 valence electrons. The van der Waals surface area contributed by atoms with Crippen LogP contribution in [0.15, 0.2) is 47.3 Å². The van der Waals surface area contributed by atoms with Crippen molar-refractivity contribution in [1.82, 2.24) is 15.0 Å². The molecule has 0 radical (unpaired) electrons. The third kappa shape index (κ3) is 2.91. The number of ether oxygens (including phenoxy) is 1. The highest BCUT2D eigenvalue weighted by Gasteiger charge is 2.14. The average molecular weight is 315 g/mol. The fourth-order valence-electron chi connectivity index (χ4n) is 2.30. The lowest BCUT2D eigenvalue weighted by molar-refractivity contribution is 0.147. The van der Waals surface area contributed by atoms with E-state index in [1.54, 1.807) is 24.3 Å². The van der Waals surface area contributed by atoms with Gasteiger partial charge >= 0.3 is 0 Å². The van der Waals surface area contributed by atoms with E-state index in [9.17, 15) is 14.3 Å². The van der Waals surface area contributed by atoms with Crippen molar-refractivity contribution < 1.29 is 14.2 Å². The Labute approximate surface area is 130 Å². The summed E-state index contributed by atoms with van der Waals surface area (Å²) in [7, 11) is 1.36. The van der Waals surface area contributed by atoms with Crippen molar-refractivity contribution in [2.45, 2.75) is 12.6 Å². The van der Waals surface area contributed by atoms with Gasteiger partial charge in [0.25, 0.3) is 5.56 Å². The van der Waals surface area contributed by atoms with Crippen LogP contribution < -0.4 is 10.3 Å². The molecule has 1 aromatic heterocycles. The van der Waals surface area contributed by atoms with Gasteiger partial charge < -0.3 is 9.84 Å². The molecule has 23 heavy (non-hydrogen) atoms. The van der Waals surface area contributed by atoms with Crippen LogP contribution in [0, 0.1) is 5.82 Å². The minimum absolute atomic E-state index is 0.0867. The third-order valence-corrected chi connectivity index (χ3v) is 3.54. The molecule has 1 heterocycles. The van der Waals surface area contributed by atoms with E-state index in [1.165, 1.54) is 25.3 Å². The summed E-state index contributed by atoms with van der Waals surface area (Å²) >= 11 is 0. The predicted molar refractivity (Wildman–Crippen MR) is 81.7 cm³/mol. The fraction of sp³-hybridized carbons (Fsp3) is 0.188. The van der Waals surface area contributed by atoms with Crippen LogP contribution in [0.2, 0.25) is 0 Å². The zero-order valence-corrected chi connectivity index (χ0v) is 12.3. The van der Waals surface area contributed by atoms with E-state index in [-0.39, 0.29) is 17.9 Å². The molecule has 0 saturated carbocycles. The molecule has 0 bridgehead atoms. The molecule has 0 aliphatic carbocycles. The van der Waals surface area contributed by atoms with Crippen LogP contribution in [0.25, 0.3) is 10.9 Å². The lowest BCUT2D eigenvalue weighted by Gasteiger charge is -2.13. The number of rotatable bonds is 4. The Morgan fingerprint density at radius 2 is 2.09 bits per heavy atom. The second-order valence-corrected chi connectivity index (χ2v) is 5.00. The lowest BCUT2D eigenvalue weighted by atomic mass is 10.1. The van der Waals surface area contributed by atoms with Gasteiger partial charge in [-0.2, -0.15) is 0 Å². The first-order chi connectivity index (χ1) is 11.1. The zero-order chi connectivity index (χ0) is 16.4. The number of aliphatic hydroxyl groups is 1. The van der Waals surface area contributed by atoms with Gasteiger partial charge in [0.15, 0.2) is 11.6 Å². The van der Waals surface area contributed by atoms with Gasteiger partial charge in [0.1, 0.15) is 5.52 Å². The first kappa shape index (κ1) is 15.1. The lowest BCUT2D eigenvalue weighted by Crippen LogP contribution is -2.27. The molecule has 0 fully saturated rings. The Hall–Kier alpha value is -2.80. The maximum absolute atomic E-state index is 13.7. The largest absolute Gasteiger partial charge is 0.494 e. The topological polar surface area (TPSA) is 77.2 Å². The number of benzene rings is 2. The maximum Gasteiger partial charge on any atom is 0.277 e. The third-order valence-electron chi connectivity index (χ3n) is 3.54. The van der Waals surface area contributed by atoms with E-state index in [0.29, 0.717) is 16.5 Å². The number of aliphatic hydroxyl groups excluding tert-OH is 1. The van der Waals surface area contributed by atoms with Crippen molar-refractivity contribution in [3.05, 3.63) is 64.2 Å². The quantitative estimate of drug-likeness (QED) is 0.792. The monoisotopic (exact) mass is 315 g/mol. The number of aromatic nitrogens is 3. The van der Waals surface area contributed by atoms with Crippen LogP contribution in [-0.4, -0.2) is 27.2 Å². The molecule has 6 nitrogen and oxygen atoms in total. The molecule has 3 aromatic rings. The van der Waals surface area contributed by atoms with E-state index in [2.05, 4.69) is 10.3 Å². The van der Waals surface area contributed by atoms with Gasteiger partial charge in [0.05, 0.1) is 25.1 Å². The summed E-state index contributed by atoms with van der Waals surface area (Å²) in [4.78, 5) is 12.3. The highest BCUT2D eigenvalue weighted by Crippen LogP contribution is 2.22.